The predicted molar refractivity (Wildman–Crippen MR) is 78.8 cm³/mol. The third kappa shape index (κ3) is 2.37. The molecule has 0 spiro atoms. The van der Waals surface area contributed by atoms with Crippen LogP contribution in [0.3, 0.4) is 0 Å². The van der Waals surface area contributed by atoms with E-state index < -0.39 is 0 Å². The van der Waals surface area contributed by atoms with Crippen molar-refractivity contribution in [3.05, 3.63) is 57.6 Å². The Kier molecular flexibility index (Phi) is 3.26. The van der Waals surface area contributed by atoms with E-state index in [4.69, 9.17) is 0 Å². The van der Waals surface area contributed by atoms with Crippen LogP contribution in [0.2, 0.25) is 0 Å². The van der Waals surface area contributed by atoms with Gasteiger partial charge < -0.3 is 0 Å². The van der Waals surface area contributed by atoms with E-state index in [1.165, 1.54) is 15.0 Å². The van der Waals surface area contributed by atoms with Gasteiger partial charge in [-0.15, -0.1) is 22.7 Å². The Morgan fingerprint density at radius 3 is 2.78 bits per heavy atom. The molecule has 0 fully saturated rings. The molecule has 0 aliphatic rings. The normalized spacial score (nSPS) is 10.9. The van der Waals surface area contributed by atoms with Crippen LogP contribution in [-0.2, 0) is 6.42 Å². The van der Waals surface area contributed by atoms with Crippen LogP contribution in [0.4, 0.5) is 0 Å². The highest BCUT2D eigenvalue weighted by molar-refractivity contribution is 7.20. The molecule has 18 heavy (non-hydrogen) atoms. The molecule has 3 aromatic rings. The second kappa shape index (κ2) is 5.04. The summed E-state index contributed by atoms with van der Waals surface area (Å²) in [6.07, 6.45) is 1.46. The Balaban J connectivity index is 1.75. The largest absolute Gasteiger partial charge is 0.293 e. The Morgan fingerprint density at radius 1 is 1.11 bits per heavy atom. The first kappa shape index (κ1) is 11.6. The fourth-order valence-electron chi connectivity index (χ4n) is 1.93. The van der Waals surface area contributed by atoms with E-state index in [0.29, 0.717) is 6.42 Å². The van der Waals surface area contributed by atoms with Crippen LogP contribution in [0.15, 0.2) is 47.8 Å². The maximum atomic E-state index is 12.1. The lowest BCUT2D eigenvalue weighted by molar-refractivity contribution is 0.0987. The van der Waals surface area contributed by atoms with E-state index in [1.54, 1.807) is 22.7 Å². The molecule has 0 amide bonds. The first-order valence-corrected chi connectivity index (χ1v) is 7.57. The van der Waals surface area contributed by atoms with Crippen LogP contribution in [0.1, 0.15) is 21.0 Å². The van der Waals surface area contributed by atoms with Crippen LogP contribution < -0.4 is 0 Å². The summed E-state index contributed by atoms with van der Waals surface area (Å²) in [7, 11) is 0. The minimum atomic E-state index is 0.254. The van der Waals surface area contributed by atoms with Gasteiger partial charge in [-0.2, -0.15) is 0 Å². The van der Waals surface area contributed by atoms with Gasteiger partial charge in [-0.05, 0) is 35.4 Å². The number of thiophene rings is 2. The summed E-state index contributed by atoms with van der Waals surface area (Å²) in [6, 6.07) is 14.3. The van der Waals surface area contributed by atoms with E-state index >= 15 is 0 Å². The molecule has 1 nitrogen and oxygen atoms in total. The van der Waals surface area contributed by atoms with Gasteiger partial charge in [0.1, 0.15) is 0 Å². The molecule has 0 aliphatic heterocycles. The first-order valence-electron chi connectivity index (χ1n) is 5.87. The third-order valence-electron chi connectivity index (χ3n) is 2.88. The monoisotopic (exact) mass is 272 g/mol. The number of carbonyl (C=O) groups excluding carboxylic acids is 1. The molecule has 0 saturated carbocycles. The van der Waals surface area contributed by atoms with Crippen molar-refractivity contribution in [3.63, 3.8) is 0 Å². The fourth-order valence-corrected chi connectivity index (χ4v) is 3.67. The first-order chi connectivity index (χ1) is 8.83. The van der Waals surface area contributed by atoms with Gasteiger partial charge in [0, 0.05) is 16.0 Å². The molecule has 2 aromatic heterocycles. The summed E-state index contributed by atoms with van der Waals surface area (Å²) in [6.45, 7) is 0. The van der Waals surface area contributed by atoms with Gasteiger partial charge in [0.15, 0.2) is 5.78 Å². The lowest BCUT2D eigenvalue weighted by atomic mass is 10.1. The number of carbonyl (C=O) groups is 1. The molecule has 3 rings (SSSR count). The van der Waals surface area contributed by atoms with E-state index in [0.717, 1.165) is 11.3 Å². The minimum Gasteiger partial charge on any atom is -0.293 e. The van der Waals surface area contributed by atoms with Gasteiger partial charge in [-0.3, -0.25) is 4.79 Å². The van der Waals surface area contributed by atoms with Crippen molar-refractivity contribution >= 4 is 38.5 Å². The van der Waals surface area contributed by atoms with Crippen LogP contribution in [-0.4, -0.2) is 5.78 Å². The topological polar surface area (TPSA) is 17.1 Å². The maximum Gasteiger partial charge on any atom is 0.173 e. The molecule has 0 radical (unpaired) electrons. The molecule has 0 aliphatic carbocycles. The zero-order valence-corrected chi connectivity index (χ0v) is 11.4. The summed E-state index contributed by atoms with van der Waals surface area (Å²) < 4.78 is 1.19. The molecule has 0 N–H and O–H groups in total. The average molecular weight is 272 g/mol. The number of fused-ring (bicyclic) bond motifs is 1. The number of hydrogen-bond donors (Lipinski definition) is 0. The van der Waals surface area contributed by atoms with Gasteiger partial charge in [0.05, 0.1) is 4.88 Å². The Labute approximate surface area is 114 Å². The number of Topliss-reactive ketones (excluding diaryl/α,β-unsaturated/α-hetero) is 1. The van der Waals surface area contributed by atoms with Crippen molar-refractivity contribution in [2.75, 3.05) is 0 Å². The molecule has 1 aromatic carbocycles. The van der Waals surface area contributed by atoms with Crippen LogP contribution in [0, 0.1) is 0 Å². The molecular formula is C15H12OS2. The molecule has 0 bridgehead atoms. The third-order valence-corrected chi connectivity index (χ3v) is 4.97. The van der Waals surface area contributed by atoms with E-state index in [-0.39, 0.29) is 5.78 Å². The number of benzene rings is 1. The van der Waals surface area contributed by atoms with Gasteiger partial charge in [-0.25, -0.2) is 0 Å². The number of ketones is 1. The summed E-state index contributed by atoms with van der Waals surface area (Å²) in [4.78, 5) is 14.3. The van der Waals surface area contributed by atoms with E-state index in [2.05, 4.69) is 23.6 Å². The van der Waals surface area contributed by atoms with Crippen LogP contribution >= 0.6 is 22.7 Å². The van der Waals surface area contributed by atoms with Crippen molar-refractivity contribution in [1.29, 1.82) is 0 Å². The van der Waals surface area contributed by atoms with Gasteiger partial charge >= 0.3 is 0 Å². The summed E-state index contributed by atoms with van der Waals surface area (Å²) in [5.41, 5.74) is 0. The van der Waals surface area contributed by atoms with E-state index in [1.807, 2.05) is 24.3 Å². The highest BCUT2D eigenvalue weighted by Gasteiger charge is 2.10. The van der Waals surface area contributed by atoms with Crippen molar-refractivity contribution in [2.45, 2.75) is 12.8 Å². The van der Waals surface area contributed by atoms with Crippen molar-refractivity contribution in [1.82, 2.24) is 0 Å². The number of hydrogen-bond acceptors (Lipinski definition) is 3. The standard InChI is InChI=1S/C15H12OS2/c16-13(8-7-12-5-3-9-17-12)15-10-11-4-1-2-6-14(11)18-15/h1-6,9-10H,7-8H2. The summed E-state index contributed by atoms with van der Waals surface area (Å²) >= 11 is 3.31. The lowest BCUT2D eigenvalue weighted by Crippen LogP contribution is -1.97. The number of aryl methyl sites for hydroxylation is 1. The SMILES string of the molecule is O=C(CCc1cccs1)c1cc2ccccc2s1. The van der Waals surface area contributed by atoms with Gasteiger partial charge in [-0.1, -0.05) is 24.3 Å². The second-order valence-electron chi connectivity index (χ2n) is 4.15. The molecule has 0 unspecified atom stereocenters. The molecular weight excluding hydrogens is 260 g/mol. The van der Waals surface area contributed by atoms with Crippen molar-refractivity contribution in [2.24, 2.45) is 0 Å². The maximum absolute atomic E-state index is 12.1. The van der Waals surface area contributed by atoms with E-state index in [9.17, 15) is 4.79 Å². The average Bonchev–Trinajstić information content (AvgIpc) is 3.04. The summed E-state index contributed by atoms with van der Waals surface area (Å²) in [5.74, 6) is 0.254. The number of rotatable bonds is 4. The molecule has 0 atom stereocenters. The van der Waals surface area contributed by atoms with Gasteiger partial charge in [0.25, 0.3) is 0 Å². The molecule has 2 heterocycles. The van der Waals surface area contributed by atoms with Crippen LogP contribution in [0.25, 0.3) is 10.1 Å². The van der Waals surface area contributed by atoms with Crippen LogP contribution in [0.5, 0.6) is 0 Å². The molecule has 3 heteroatoms. The molecule has 0 saturated heterocycles. The highest BCUT2D eigenvalue weighted by atomic mass is 32.1. The smallest absolute Gasteiger partial charge is 0.173 e. The van der Waals surface area contributed by atoms with Crippen molar-refractivity contribution < 1.29 is 4.79 Å². The summed E-state index contributed by atoms with van der Waals surface area (Å²) in [5, 5.41) is 3.22. The second-order valence-corrected chi connectivity index (χ2v) is 6.27. The zero-order chi connectivity index (χ0) is 12.4. The lowest BCUT2D eigenvalue weighted by Gasteiger charge is -1.95. The Bertz CT molecular complexity index is 632. The zero-order valence-electron chi connectivity index (χ0n) is 9.76. The van der Waals surface area contributed by atoms with Gasteiger partial charge in [0.2, 0.25) is 0 Å². The van der Waals surface area contributed by atoms with Crippen molar-refractivity contribution in [3.8, 4) is 0 Å². The fraction of sp³-hybridized carbons (Fsp3) is 0.133. The highest BCUT2D eigenvalue weighted by Crippen LogP contribution is 2.26. The quantitative estimate of drug-likeness (QED) is 0.625. The Hall–Kier alpha value is -1.45. The molecule has 90 valence electrons. The Morgan fingerprint density at radius 2 is 2.00 bits per heavy atom. The predicted octanol–water partition coefficient (Wildman–Crippen LogP) is 4.78. The minimum absolute atomic E-state index is 0.254.